The Bertz CT molecular complexity index is 577. The Balaban J connectivity index is 2.23. The van der Waals surface area contributed by atoms with E-state index in [0.717, 1.165) is 29.4 Å². The van der Waals surface area contributed by atoms with Crippen LogP contribution in [0.2, 0.25) is 0 Å². The molecule has 0 saturated carbocycles. The van der Waals surface area contributed by atoms with Crippen LogP contribution in [0.15, 0.2) is 30.3 Å². The van der Waals surface area contributed by atoms with Crippen LogP contribution in [0.4, 0.5) is 0 Å². The molecule has 0 spiro atoms. The zero-order valence-corrected chi connectivity index (χ0v) is 8.81. The lowest BCUT2D eigenvalue weighted by Gasteiger charge is -2.07. The van der Waals surface area contributed by atoms with Crippen molar-refractivity contribution in [1.29, 1.82) is 0 Å². The minimum absolute atomic E-state index is 0.195. The predicted molar refractivity (Wildman–Crippen MR) is 62.0 cm³/mol. The fourth-order valence-electron chi connectivity index (χ4n) is 2.39. The first-order valence-corrected chi connectivity index (χ1v) is 5.43. The fraction of sp³-hybridized carbons (Fsp3) is 0.231. The highest BCUT2D eigenvalue weighted by Gasteiger charge is 2.28. The molecule has 80 valence electrons. The Morgan fingerprint density at radius 1 is 1.38 bits per heavy atom. The molecule has 0 radical (unpaired) electrons. The number of para-hydroxylation sites is 1. The number of nitrogens with zero attached hydrogens (tertiary/aromatic N) is 1. The summed E-state index contributed by atoms with van der Waals surface area (Å²) in [5.74, 6) is -0.457. The Labute approximate surface area is 93.3 Å². The van der Waals surface area contributed by atoms with Gasteiger partial charge in [-0.1, -0.05) is 18.2 Å². The number of pyridine rings is 1. The summed E-state index contributed by atoms with van der Waals surface area (Å²) >= 11 is 0. The largest absolute Gasteiger partial charge is 0.369 e. The third-order valence-corrected chi connectivity index (χ3v) is 3.21. The second kappa shape index (κ2) is 3.30. The first-order chi connectivity index (χ1) is 7.75. The van der Waals surface area contributed by atoms with Gasteiger partial charge in [0.2, 0.25) is 5.91 Å². The van der Waals surface area contributed by atoms with E-state index in [4.69, 9.17) is 5.73 Å². The van der Waals surface area contributed by atoms with Gasteiger partial charge in [-0.2, -0.15) is 0 Å². The number of fused-ring (bicyclic) bond motifs is 2. The van der Waals surface area contributed by atoms with E-state index in [0.29, 0.717) is 0 Å². The maximum atomic E-state index is 11.3. The molecule has 1 heterocycles. The van der Waals surface area contributed by atoms with Gasteiger partial charge in [0.1, 0.15) is 0 Å². The topological polar surface area (TPSA) is 56.0 Å². The van der Waals surface area contributed by atoms with Crippen LogP contribution in [0.1, 0.15) is 23.6 Å². The molecule has 3 heteroatoms. The molecule has 2 aromatic rings. The number of primary amides is 1. The molecule has 0 aliphatic heterocycles. The Morgan fingerprint density at radius 2 is 2.19 bits per heavy atom. The SMILES string of the molecule is NC(=O)C1CCc2cc3ccccc3nc21. The number of aromatic nitrogens is 1. The van der Waals surface area contributed by atoms with Crippen LogP contribution in [0.3, 0.4) is 0 Å². The van der Waals surface area contributed by atoms with E-state index in [1.54, 1.807) is 0 Å². The quantitative estimate of drug-likeness (QED) is 0.782. The standard InChI is InChI=1S/C13H12N2O/c14-13(16)10-6-5-9-7-8-3-1-2-4-11(8)15-12(9)10/h1-4,7,10H,5-6H2,(H2,14,16). The molecule has 3 nitrogen and oxygen atoms in total. The summed E-state index contributed by atoms with van der Waals surface area (Å²) in [6.07, 6.45) is 1.70. The lowest BCUT2D eigenvalue weighted by Crippen LogP contribution is -2.20. The van der Waals surface area contributed by atoms with Gasteiger partial charge in [-0.25, -0.2) is 0 Å². The maximum absolute atomic E-state index is 11.3. The maximum Gasteiger partial charge on any atom is 0.226 e. The number of nitrogens with two attached hydrogens (primary N) is 1. The molecule has 2 N–H and O–H groups in total. The van der Waals surface area contributed by atoms with E-state index < -0.39 is 0 Å². The van der Waals surface area contributed by atoms with Crippen molar-refractivity contribution in [3.63, 3.8) is 0 Å². The van der Waals surface area contributed by atoms with E-state index in [-0.39, 0.29) is 11.8 Å². The first kappa shape index (κ1) is 9.33. The number of hydrogen-bond acceptors (Lipinski definition) is 2. The predicted octanol–water partition coefficient (Wildman–Crippen LogP) is 1.75. The Kier molecular flexibility index (Phi) is 1.93. The second-order valence-electron chi connectivity index (χ2n) is 4.22. The van der Waals surface area contributed by atoms with Crippen molar-refractivity contribution < 1.29 is 4.79 Å². The van der Waals surface area contributed by atoms with Crippen LogP contribution in [-0.4, -0.2) is 10.9 Å². The summed E-state index contributed by atoms with van der Waals surface area (Å²) < 4.78 is 0. The molecule has 1 aliphatic carbocycles. The molecule has 0 saturated heterocycles. The van der Waals surface area contributed by atoms with Crippen LogP contribution < -0.4 is 5.73 Å². The molecular formula is C13H12N2O. The van der Waals surface area contributed by atoms with Gasteiger partial charge in [-0.15, -0.1) is 0 Å². The van der Waals surface area contributed by atoms with Crippen LogP contribution in [0.5, 0.6) is 0 Å². The fourth-order valence-corrected chi connectivity index (χ4v) is 2.39. The highest BCUT2D eigenvalue weighted by molar-refractivity contribution is 5.85. The van der Waals surface area contributed by atoms with Crippen LogP contribution in [0, 0.1) is 0 Å². The lowest BCUT2D eigenvalue weighted by molar-refractivity contribution is -0.119. The minimum Gasteiger partial charge on any atom is -0.369 e. The molecular weight excluding hydrogens is 200 g/mol. The van der Waals surface area contributed by atoms with Crippen LogP contribution in [-0.2, 0) is 11.2 Å². The van der Waals surface area contributed by atoms with E-state index in [1.165, 1.54) is 5.56 Å². The molecule has 0 fully saturated rings. The van der Waals surface area contributed by atoms with E-state index in [1.807, 2.05) is 24.3 Å². The average Bonchev–Trinajstić information content (AvgIpc) is 2.68. The third kappa shape index (κ3) is 1.28. The van der Waals surface area contributed by atoms with Gasteiger partial charge in [0.25, 0.3) is 0 Å². The normalized spacial score (nSPS) is 18.6. The Hall–Kier alpha value is -1.90. The van der Waals surface area contributed by atoms with Gasteiger partial charge in [-0.05, 0) is 30.5 Å². The van der Waals surface area contributed by atoms with E-state index in [2.05, 4.69) is 11.1 Å². The number of carbonyl (C=O) groups excluding carboxylic acids is 1. The molecule has 16 heavy (non-hydrogen) atoms. The van der Waals surface area contributed by atoms with Gasteiger partial charge in [0.05, 0.1) is 17.1 Å². The van der Waals surface area contributed by atoms with Crippen molar-refractivity contribution in [2.45, 2.75) is 18.8 Å². The summed E-state index contributed by atoms with van der Waals surface area (Å²) in [6.45, 7) is 0. The second-order valence-corrected chi connectivity index (χ2v) is 4.22. The zero-order valence-electron chi connectivity index (χ0n) is 8.81. The first-order valence-electron chi connectivity index (χ1n) is 5.43. The van der Waals surface area contributed by atoms with Gasteiger partial charge < -0.3 is 5.73 Å². The van der Waals surface area contributed by atoms with Crippen molar-refractivity contribution in [1.82, 2.24) is 4.98 Å². The molecule has 1 aliphatic rings. The number of rotatable bonds is 1. The van der Waals surface area contributed by atoms with Gasteiger partial charge >= 0.3 is 0 Å². The summed E-state index contributed by atoms with van der Waals surface area (Å²) in [4.78, 5) is 15.8. The Morgan fingerprint density at radius 3 is 3.00 bits per heavy atom. The molecule has 0 bridgehead atoms. The van der Waals surface area contributed by atoms with Crippen molar-refractivity contribution in [2.75, 3.05) is 0 Å². The van der Waals surface area contributed by atoms with E-state index >= 15 is 0 Å². The van der Waals surface area contributed by atoms with Crippen molar-refractivity contribution in [3.8, 4) is 0 Å². The molecule has 1 atom stereocenters. The highest BCUT2D eigenvalue weighted by atomic mass is 16.1. The summed E-state index contributed by atoms with van der Waals surface area (Å²) in [5, 5.41) is 1.13. The smallest absolute Gasteiger partial charge is 0.226 e. The van der Waals surface area contributed by atoms with Gasteiger partial charge in [0, 0.05) is 5.39 Å². The number of aryl methyl sites for hydroxylation is 1. The van der Waals surface area contributed by atoms with E-state index in [9.17, 15) is 4.79 Å². The van der Waals surface area contributed by atoms with Gasteiger partial charge in [0.15, 0.2) is 0 Å². The zero-order chi connectivity index (χ0) is 11.1. The van der Waals surface area contributed by atoms with Crippen molar-refractivity contribution in [3.05, 3.63) is 41.6 Å². The highest BCUT2D eigenvalue weighted by Crippen LogP contribution is 2.33. The number of carbonyl (C=O) groups is 1. The molecule has 1 aromatic heterocycles. The average molecular weight is 212 g/mol. The monoisotopic (exact) mass is 212 g/mol. The summed E-state index contributed by atoms with van der Waals surface area (Å²) in [7, 11) is 0. The van der Waals surface area contributed by atoms with Gasteiger partial charge in [-0.3, -0.25) is 9.78 Å². The number of benzene rings is 1. The number of hydrogen-bond donors (Lipinski definition) is 1. The third-order valence-electron chi connectivity index (χ3n) is 3.21. The van der Waals surface area contributed by atoms with Crippen molar-refractivity contribution >= 4 is 16.8 Å². The molecule has 3 rings (SSSR count). The summed E-state index contributed by atoms with van der Waals surface area (Å²) in [6, 6.07) is 10.1. The minimum atomic E-state index is -0.262. The van der Waals surface area contributed by atoms with Crippen molar-refractivity contribution in [2.24, 2.45) is 5.73 Å². The molecule has 1 unspecified atom stereocenters. The lowest BCUT2D eigenvalue weighted by atomic mass is 10.1. The molecule has 1 amide bonds. The molecule has 1 aromatic carbocycles. The number of amides is 1. The van der Waals surface area contributed by atoms with Crippen LogP contribution in [0.25, 0.3) is 10.9 Å². The van der Waals surface area contributed by atoms with Crippen LogP contribution >= 0.6 is 0 Å². The summed E-state index contributed by atoms with van der Waals surface area (Å²) in [5.41, 5.74) is 8.37.